The Morgan fingerprint density at radius 3 is 2.00 bits per heavy atom. The van der Waals surface area contributed by atoms with Gasteiger partial charge in [0, 0.05) is 5.57 Å². The van der Waals surface area contributed by atoms with Gasteiger partial charge in [0.05, 0.1) is 18.8 Å². The SMILES string of the molecule is CCOC(=O)/C(C)=C(\C(=O)OCC)C1CCCCC1. The third-order valence-corrected chi connectivity index (χ3v) is 3.49. The average Bonchev–Trinajstić information content (AvgIpc) is 2.40. The molecule has 0 atom stereocenters. The Morgan fingerprint density at radius 1 is 0.947 bits per heavy atom. The molecule has 0 spiro atoms. The fourth-order valence-corrected chi connectivity index (χ4v) is 2.58. The first-order chi connectivity index (χ1) is 9.11. The highest BCUT2D eigenvalue weighted by Crippen LogP contribution is 2.32. The van der Waals surface area contributed by atoms with Crippen molar-refractivity contribution in [3.05, 3.63) is 11.1 Å². The van der Waals surface area contributed by atoms with Gasteiger partial charge in [0.15, 0.2) is 0 Å². The van der Waals surface area contributed by atoms with Gasteiger partial charge >= 0.3 is 11.9 Å². The maximum atomic E-state index is 12.1. The molecule has 19 heavy (non-hydrogen) atoms. The van der Waals surface area contributed by atoms with E-state index in [0.717, 1.165) is 25.7 Å². The molecule has 0 aromatic heterocycles. The minimum atomic E-state index is -0.406. The molecule has 0 N–H and O–H groups in total. The number of esters is 2. The van der Waals surface area contributed by atoms with Gasteiger partial charge in [0.1, 0.15) is 0 Å². The Hall–Kier alpha value is -1.32. The van der Waals surface area contributed by atoms with Crippen molar-refractivity contribution < 1.29 is 19.1 Å². The Kier molecular flexibility index (Phi) is 6.60. The summed E-state index contributed by atoms with van der Waals surface area (Å²) in [7, 11) is 0. The lowest BCUT2D eigenvalue weighted by Gasteiger charge is -2.24. The van der Waals surface area contributed by atoms with Gasteiger partial charge in [-0.2, -0.15) is 0 Å². The first-order valence-corrected chi connectivity index (χ1v) is 7.16. The van der Waals surface area contributed by atoms with E-state index in [2.05, 4.69) is 0 Å². The predicted molar refractivity (Wildman–Crippen MR) is 72.5 cm³/mol. The van der Waals surface area contributed by atoms with Crippen molar-refractivity contribution in [2.24, 2.45) is 5.92 Å². The topological polar surface area (TPSA) is 52.6 Å². The van der Waals surface area contributed by atoms with E-state index < -0.39 is 5.97 Å². The van der Waals surface area contributed by atoms with Crippen molar-refractivity contribution in [2.75, 3.05) is 13.2 Å². The van der Waals surface area contributed by atoms with E-state index >= 15 is 0 Å². The number of hydrogen-bond acceptors (Lipinski definition) is 4. The lowest BCUT2D eigenvalue weighted by atomic mass is 9.82. The highest BCUT2D eigenvalue weighted by atomic mass is 16.5. The largest absolute Gasteiger partial charge is 0.463 e. The molecule has 0 aliphatic heterocycles. The molecule has 0 aromatic rings. The zero-order valence-corrected chi connectivity index (χ0v) is 12.2. The Morgan fingerprint density at radius 2 is 1.47 bits per heavy atom. The second-order valence-electron chi connectivity index (χ2n) is 4.81. The van der Waals surface area contributed by atoms with E-state index in [0.29, 0.717) is 24.4 Å². The van der Waals surface area contributed by atoms with Crippen LogP contribution in [-0.2, 0) is 19.1 Å². The summed E-state index contributed by atoms with van der Waals surface area (Å²) >= 11 is 0. The van der Waals surface area contributed by atoms with Crippen LogP contribution in [-0.4, -0.2) is 25.2 Å². The summed E-state index contributed by atoms with van der Waals surface area (Å²) in [6.07, 6.45) is 5.30. The number of ether oxygens (including phenoxy) is 2. The number of rotatable bonds is 5. The minimum Gasteiger partial charge on any atom is -0.463 e. The van der Waals surface area contributed by atoms with Crippen molar-refractivity contribution >= 4 is 11.9 Å². The smallest absolute Gasteiger partial charge is 0.334 e. The van der Waals surface area contributed by atoms with Gasteiger partial charge in [-0.05, 0) is 39.5 Å². The van der Waals surface area contributed by atoms with E-state index in [4.69, 9.17) is 9.47 Å². The second kappa shape index (κ2) is 7.97. The predicted octanol–water partition coefficient (Wildman–Crippen LogP) is 3.01. The van der Waals surface area contributed by atoms with Crippen LogP contribution in [0.25, 0.3) is 0 Å². The number of carbonyl (C=O) groups is 2. The van der Waals surface area contributed by atoms with Crippen molar-refractivity contribution in [2.45, 2.75) is 52.9 Å². The van der Waals surface area contributed by atoms with E-state index in [1.54, 1.807) is 20.8 Å². The summed E-state index contributed by atoms with van der Waals surface area (Å²) in [5.41, 5.74) is 0.937. The average molecular weight is 268 g/mol. The summed E-state index contributed by atoms with van der Waals surface area (Å²) in [4.78, 5) is 24.0. The second-order valence-corrected chi connectivity index (χ2v) is 4.81. The van der Waals surface area contributed by atoms with Crippen LogP contribution in [0.15, 0.2) is 11.1 Å². The molecule has 0 bridgehead atoms. The van der Waals surface area contributed by atoms with Crippen LogP contribution in [0.2, 0.25) is 0 Å². The molecule has 0 saturated heterocycles. The highest BCUT2D eigenvalue weighted by molar-refractivity contribution is 6.00. The molecular formula is C15H24O4. The van der Waals surface area contributed by atoms with Crippen molar-refractivity contribution in [1.82, 2.24) is 0 Å². The zero-order valence-electron chi connectivity index (χ0n) is 12.2. The molecule has 0 radical (unpaired) electrons. The van der Waals surface area contributed by atoms with E-state index in [-0.39, 0.29) is 11.9 Å². The molecule has 0 unspecified atom stereocenters. The fourth-order valence-electron chi connectivity index (χ4n) is 2.58. The Bertz CT molecular complexity index is 351. The lowest BCUT2D eigenvalue weighted by Crippen LogP contribution is -2.23. The molecule has 0 aromatic carbocycles. The summed E-state index contributed by atoms with van der Waals surface area (Å²) in [5, 5.41) is 0. The summed E-state index contributed by atoms with van der Waals surface area (Å²) < 4.78 is 10.1. The van der Waals surface area contributed by atoms with Crippen LogP contribution >= 0.6 is 0 Å². The first-order valence-electron chi connectivity index (χ1n) is 7.16. The van der Waals surface area contributed by atoms with Crippen LogP contribution in [0.4, 0.5) is 0 Å². The molecule has 0 amide bonds. The molecule has 1 saturated carbocycles. The third-order valence-electron chi connectivity index (χ3n) is 3.49. The zero-order chi connectivity index (χ0) is 14.3. The molecule has 108 valence electrons. The van der Waals surface area contributed by atoms with Gasteiger partial charge < -0.3 is 9.47 Å². The quantitative estimate of drug-likeness (QED) is 0.568. The highest BCUT2D eigenvalue weighted by Gasteiger charge is 2.28. The molecule has 4 heteroatoms. The van der Waals surface area contributed by atoms with Gasteiger partial charge in [-0.25, -0.2) is 9.59 Å². The van der Waals surface area contributed by atoms with Crippen LogP contribution in [0.5, 0.6) is 0 Å². The minimum absolute atomic E-state index is 0.136. The number of carbonyl (C=O) groups excluding carboxylic acids is 2. The summed E-state index contributed by atoms with van der Waals surface area (Å²) in [6.45, 7) is 5.84. The molecule has 1 rings (SSSR count). The van der Waals surface area contributed by atoms with E-state index in [1.165, 1.54) is 6.42 Å². The first kappa shape index (κ1) is 15.7. The van der Waals surface area contributed by atoms with Gasteiger partial charge in [-0.1, -0.05) is 19.3 Å². The van der Waals surface area contributed by atoms with Crippen LogP contribution in [0.1, 0.15) is 52.9 Å². The van der Waals surface area contributed by atoms with Crippen LogP contribution in [0, 0.1) is 5.92 Å². The molecule has 1 aliphatic carbocycles. The monoisotopic (exact) mass is 268 g/mol. The molecule has 1 fully saturated rings. The van der Waals surface area contributed by atoms with Crippen LogP contribution < -0.4 is 0 Å². The maximum Gasteiger partial charge on any atom is 0.334 e. The van der Waals surface area contributed by atoms with Crippen molar-refractivity contribution in [3.63, 3.8) is 0 Å². The van der Waals surface area contributed by atoms with Gasteiger partial charge in [0.2, 0.25) is 0 Å². The summed E-state index contributed by atoms with van der Waals surface area (Å²) in [5.74, 6) is -0.631. The maximum absolute atomic E-state index is 12.1. The van der Waals surface area contributed by atoms with Crippen molar-refractivity contribution in [1.29, 1.82) is 0 Å². The van der Waals surface area contributed by atoms with Gasteiger partial charge in [0.25, 0.3) is 0 Å². The van der Waals surface area contributed by atoms with E-state index in [1.807, 2.05) is 0 Å². The molecular weight excluding hydrogens is 244 g/mol. The van der Waals surface area contributed by atoms with Crippen molar-refractivity contribution in [3.8, 4) is 0 Å². The van der Waals surface area contributed by atoms with Crippen LogP contribution in [0.3, 0.4) is 0 Å². The molecule has 4 nitrogen and oxygen atoms in total. The number of hydrogen-bond donors (Lipinski definition) is 0. The third kappa shape index (κ3) is 4.37. The van der Waals surface area contributed by atoms with Gasteiger partial charge in [-0.3, -0.25) is 0 Å². The lowest BCUT2D eigenvalue weighted by molar-refractivity contribution is -0.142. The van der Waals surface area contributed by atoms with Gasteiger partial charge in [-0.15, -0.1) is 0 Å². The standard InChI is InChI=1S/C15H24O4/c1-4-18-14(16)11(3)13(15(17)19-5-2)12-9-7-6-8-10-12/h12H,4-10H2,1-3H3/b13-11-. The summed E-state index contributed by atoms with van der Waals surface area (Å²) in [6, 6.07) is 0. The van der Waals surface area contributed by atoms with E-state index in [9.17, 15) is 9.59 Å². The molecule has 1 aliphatic rings. The molecule has 0 heterocycles. The Labute approximate surface area is 115 Å². The fraction of sp³-hybridized carbons (Fsp3) is 0.733. The Balaban J connectivity index is 2.98. The normalized spacial score (nSPS) is 17.6.